The standard InChI is InChI=1S/C13H18BrNO3/c1-3-17-12(16)8-18-13-10(7-9(2)15)5-4-6-11(13)14/h4-6,9H,3,7-8,15H2,1-2H3. The molecule has 0 radical (unpaired) electrons. The highest BCUT2D eigenvalue weighted by Gasteiger charge is 2.12. The fourth-order valence-corrected chi connectivity index (χ4v) is 2.08. The van der Waals surface area contributed by atoms with Crippen molar-refractivity contribution in [2.24, 2.45) is 5.73 Å². The monoisotopic (exact) mass is 315 g/mol. The van der Waals surface area contributed by atoms with Crippen LogP contribution >= 0.6 is 15.9 Å². The molecule has 0 spiro atoms. The SMILES string of the molecule is CCOC(=O)COc1c(Br)cccc1CC(C)N. The third kappa shape index (κ3) is 4.66. The fraction of sp³-hybridized carbons (Fsp3) is 0.462. The molecule has 4 nitrogen and oxygen atoms in total. The van der Waals surface area contributed by atoms with Crippen LogP contribution in [0.4, 0.5) is 0 Å². The van der Waals surface area contributed by atoms with E-state index < -0.39 is 0 Å². The number of carbonyl (C=O) groups is 1. The number of hydrogen-bond acceptors (Lipinski definition) is 4. The van der Waals surface area contributed by atoms with E-state index in [1.165, 1.54) is 0 Å². The van der Waals surface area contributed by atoms with E-state index in [0.29, 0.717) is 18.8 Å². The lowest BCUT2D eigenvalue weighted by atomic mass is 10.1. The summed E-state index contributed by atoms with van der Waals surface area (Å²) < 4.78 is 11.1. The van der Waals surface area contributed by atoms with Crippen molar-refractivity contribution in [1.29, 1.82) is 0 Å². The molecule has 18 heavy (non-hydrogen) atoms. The van der Waals surface area contributed by atoms with Crippen LogP contribution in [0.25, 0.3) is 0 Å². The van der Waals surface area contributed by atoms with E-state index in [9.17, 15) is 4.79 Å². The van der Waals surface area contributed by atoms with E-state index >= 15 is 0 Å². The molecule has 1 unspecified atom stereocenters. The quantitative estimate of drug-likeness (QED) is 0.818. The first-order valence-corrected chi connectivity index (χ1v) is 6.65. The molecule has 0 aliphatic rings. The lowest BCUT2D eigenvalue weighted by molar-refractivity contribution is -0.145. The van der Waals surface area contributed by atoms with Gasteiger partial charge in [0.1, 0.15) is 5.75 Å². The Morgan fingerprint density at radius 2 is 2.22 bits per heavy atom. The molecule has 0 aromatic heterocycles. The Morgan fingerprint density at radius 3 is 2.83 bits per heavy atom. The van der Waals surface area contributed by atoms with E-state index in [1.807, 2.05) is 25.1 Å². The Balaban J connectivity index is 2.76. The van der Waals surface area contributed by atoms with E-state index in [0.717, 1.165) is 10.0 Å². The molecule has 0 saturated carbocycles. The van der Waals surface area contributed by atoms with Gasteiger partial charge in [-0.3, -0.25) is 0 Å². The second-order valence-corrected chi connectivity index (χ2v) is 4.86. The largest absolute Gasteiger partial charge is 0.480 e. The zero-order valence-corrected chi connectivity index (χ0v) is 12.2. The van der Waals surface area contributed by atoms with Crippen LogP contribution in [-0.4, -0.2) is 25.2 Å². The van der Waals surface area contributed by atoms with Gasteiger partial charge in [-0.15, -0.1) is 0 Å². The highest BCUT2D eigenvalue weighted by Crippen LogP contribution is 2.29. The Hall–Kier alpha value is -1.07. The summed E-state index contributed by atoms with van der Waals surface area (Å²) in [6.07, 6.45) is 0.692. The summed E-state index contributed by atoms with van der Waals surface area (Å²) in [5, 5.41) is 0. The van der Waals surface area contributed by atoms with Crippen LogP contribution in [0.3, 0.4) is 0 Å². The van der Waals surface area contributed by atoms with Crippen molar-refractivity contribution >= 4 is 21.9 Å². The lowest BCUT2D eigenvalue weighted by Crippen LogP contribution is -2.20. The molecule has 0 heterocycles. The molecule has 0 aliphatic heterocycles. The Bertz CT molecular complexity index is 407. The molecule has 1 rings (SSSR count). The van der Waals surface area contributed by atoms with Crippen LogP contribution in [-0.2, 0) is 16.0 Å². The van der Waals surface area contributed by atoms with Gasteiger partial charge >= 0.3 is 5.97 Å². The van der Waals surface area contributed by atoms with Crippen molar-refractivity contribution in [3.05, 3.63) is 28.2 Å². The summed E-state index contributed by atoms with van der Waals surface area (Å²) in [6.45, 7) is 3.95. The smallest absolute Gasteiger partial charge is 0.344 e. The molecule has 1 aromatic rings. The molecule has 0 aliphatic carbocycles. The first kappa shape index (κ1) is 15.0. The van der Waals surface area contributed by atoms with Crippen LogP contribution in [0, 0.1) is 0 Å². The van der Waals surface area contributed by atoms with Gasteiger partial charge in [0.25, 0.3) is 0 Å². The highest BCUT2D eigenvalue weighted by atomic mass is 79.9. The summed E-state index contributed by atoms with van der Waals surface area (Å²) in [5.74, 6) is 0.280. The summed E-state index contributed by atoms with van der Waals surface area (Å²) in [4.78, 5) is 11.3. The molecule has 5 heteroatoms. The van der Waals surface area contributed by atoms with Gasteiger partial charge in [0.15, 0.2) is 6.61 Å². The Kier molecular flexibility index (Phi) is 6.15. The van der Waals surface area contributed by atoms with Crippen molar-refractivity contribution in [2.45, 2.75) is 26.3 Å². The predicted molar refractivity (Wildman–Crippen MR) is 73.6 cm³/mol. The molecular formula is C13H18BrNO3. The lowest BCUT2D eigenvalue weighted by Gasteiger charge is -2.14. The van der Waals surface area contributed by atoms with Crippen LogP contribution in [0.2, 0.25) is 0 Å². The first-order chi connectivity index (χ1) is 8.54. The summed E-state index contributed by atoms with van der Waals surface area (Å²) in [6, 6.07) is 5.75. The third-order valence-electron chi connectivity index (χ3n) is 2.23. The fourth-order valence-electron chi connectivity index (χ4n) is 1.56. The maximum Gasteiger partial charge on any atom is 0.344 e. The number of para-hydroxylation sites is 1. The Morgan fingerprint density at radius 1 is 1.50 bits per heavy atom. The number of hydrogen-bond donors (Lipinski definition) is 1. The maximum absolute atomic E-state index is 11.3. The number of rotatable bonds is 6. The minimum atomic E-state index is -0.375. The third-order valence-corrected chi connectivity index (χ3v) is 2.85. The number of benzene rings is 1. The Labute approximate surface area is 116 Å². The zero-order valence-electron chi connectivity index (χ0n) is 10.6. The van der Waals surface area contributed by atoms with Crippen LogP contribution in [0.5, 0.6) is 5.75 Å². The van der Waals surface area contributed by atoms with Crippen molar-refractivity contribution < 1.29 is 14.3 Å². The van der Waals surface area contributed by atoms with Gasteiger partial charge in [-0.25, -0.2) is 4.79 Å². The molecular weight excluding hydrogens is 298 g/mol. The summed E-state index contributed by atoms with van der Waals surface area (Å²) in [5.41, 5.74) is 6.76. The van der Waals surface area contributed by atoms with Crippen molar-refractivity contribution in [1.82, 2.24) is 0 Å². The van der Waals surface area contributed by atoms with Crippen molar-refractivity contribution in [3.63, 3.8) is 0 Å². The van der Waals surface area contributed by atoms with Gasteiger partial charge in [0.2, 0.25) is 0 Å². The molecule has 100 valence electrons. The van der Waals surface area contributed by atoms with Gasteiger partial charge in [-0.1, -0.05) is 12.1 Å². The molecule has 1 aromatic carbocycles. The van der Waals surface area contributed by atoms with E-state index in [-0.39, 0.29) is 18.6 Å². The first-order valence-electron chi connectivity index (χ1n) is 5.86. The van der Waals surface area contributed by atoms with E-state index in [2.05, 4.69) is 15.9 Å². The van der Waals surface area contributed by atoms with E-state index in [4.69, 9.17) is 15.2 Å². The number of esters is 1. The number of ether oxygens (including phenoxy) is 2. The summed E-state index contributed by atoms with van der Waals surface area (Å²) >= 11 is 3.41. The molecule has 0 amide bonds. The molecule has 2 N–H and O–H groups in total. The van der Waals surface area contributed by atoms with E-state index in [1.54, 1.807) is 6.92 Å². The van der Waals surface area contributed by atoms with Gasteiger partial charge in [-0.05, 0) is 47.8 Å². The summed E-state index contributed by atoms with van der Waals surface area (Å²) in [7, 11) is 0. The average molecular weight is 316 g/mol. The minimum Gasteiger partial charge on any atom is -0.480 e. The molecule has 1 atom stereocenters. The maximum atomic E-state index is 11.3. The molecule has 0 fully saturated rings. The predicted octanol–water partition coefficient (Wildman–Crippen LogP) is 2.28. The van der Waals surface area contributed by atoms with Gasteiger partial charge in [0.05, 0.1) is 11.1 Å². The minimum absolute atomic E-state index is 0.0317. The second kappa shape index (κ2) is 7.38. The van der Waals surface area contributed by atoms with Gasteiger partial charge in [0, 0.05) is 6.04 Å². The van der Waals surface area contributed by atoms with Gasteiger partial charge in [-0.2, -0.15) is 0 Å². The number of halogens is 1. The van der Waals surface area contributed by atoms with Crippen LogP contribution < -0.4 is 10.5 Å². The van der Waals surface area contributed by atoms with Gasteiger partial charge < -0.3 is 15.2 Å². The molecule has 0 saturated heterocycles. The van der Waals surface area contributed by atoms with Crippen LogP contribution in [0.15, 0.2) is 22.7 Å². The van der Waals surface area contributed by atoms with Crippen LogP contribution in [0.1, 0.15) is 19.4 Å². The van der Waals surface area contributed by atoms with Crippen molar-refractivity contribution in [2.75, 3.05) is 13.2 Å². The highest BCUT2D eigenvalue weighted by molar-refractivity contribution is 9.10. The zero-order chi connectivity index (χ0) is 13.5. The number of nitrogens with two attached hydrogens (primary N) is 1. The van der Waals surface area contributed by atoms with Crippen molar-refractivity contribution in [3.8, 4) is 5.75 Å². The number of carbonyl (C=O) groups excluding carboxylic acids is 1. The average Bonchev–Trinajstić information content (AvgIpc) is 2.28. The normalized spacial score (nSPS) is 12.0. The topological polar surface area (TPSA) is 61.5 Å². The second-order valence-electron chi connectivity index (χ2n) is 4.00. The molecule has 0 bridgehead atoms.